The molecule has 0 bridgehead atoms. The topological polar surface area (TPSA) is 26.8 Å². The van der Waals surface area contributed by atoms with Gasteiger partial charge in [0, 0.05) is 44.7 Å². The van der Waals surface area contributed by atoms with Crippen molar-refractivity contribution in [2.45, 2.75) is 82.8 Å². The van der Waals surface area contributed by atoms with Crippen LogP contribution >= 0.6 is 0 Å². The van der Waals surface area contributed by atoms with Gasteiger partial charge in [-0.15, -0.1) is 0 Å². The Morgan fingerprint density at radius 2 is 1.68 bits per heavy atom. The van der Waals surface area contributed by atoms with Crippen LogP contribution in [0.15, 0.2) is 30.3 Å². The zero-order valence-electron chi connectivity index (χ0n) is 19.3. The third-order valence-electron chi connectivity index (χ3n) is 8.61. The first-order valence-electron chi connectivity index (χ1n) is 13.1. The molecule has 4 atom stereocenters. The summed E-state index contributed by atoms with van der Waals surface area (Å²) in [4.78, 5) is 20.6. The molecule has 4 heteroatoms. The van der Waals surface area contributed by atoms with Crippen LogP contribution < -0.4 is 0 Å². The molecule has 1 aromatic carbocycles. The summed E-state index contributed by atoms with van der Waals surface area (Å²) in [6.45, 7) is 6.93. The van der Waals surface area contributed by atoms with Crippen LogP contribution in [0.5, 0.6) is 0 Å². The molecule has 31 heavy (non-hydrogen) atoms. The van der Waals surface area contributed by atoms with Crippen molar-refractivity contribution < 1.29 is 4.79 Å². The van der Waals surface area contributed by atoms with Crippen LogP contribution in [0.2, 0.25) is 0 Å². The number of amides is 1. The number of benzene rings is 1. The Balaban J connectivity index is 1.27. The Bertz CT molecular complexity index is 714. The predicted octanol–water partition coefficient (Wildman–Crippen LogP) is 4.54. The van der Waals surface area contributed by atoms with Gasteiger partial charge in [-0.3, -0.25) is 14.6 Å². The van der Waals surface area contributed by atoms with E-state index in [1.165, 1.54) is 76.6 Å². The highest BCUT2D eigenvalue weighted by Crippen LogP contribution is 2.43. The fourth-order valence-corrected chi connectivity index (χ4v) is 7.24. The molecule has 0 N–H and O–H groups in total. The zero-order valence-corrected chi connectivity index (χ0v) is 19.3. The first-order chi connectivity index (χ1) is 15.3. The Hall–Kier alpha value is -1.39. The number of piperidine rings is 4. The SMILES string of the molecule is O=C(CCC[C@@H]1[C@H]2CCCN3CCC[C@@H](CN1Cc1ccccc1)[C@@H]23)N1CCCCC1. The summed E-state index contributed by atoms with van der Waals surface area (Å²) in [6.07, 6.45) is 12.2. The van der Waals surface area contributed by atoms with Gasteiger partial charge in [-0.1, -0.05) is 30.3 Å². The molecule has 4 aliphatic rings. The van der Waals surface area contributed by atoms with Crippen LogP contribution in [0.1, 0.15) is 69.8 Å². The average molecular weight is 424 g/mol. The van der Waals surface area contributed by atoms with Crippen molar-refractivity contribution in [2.24, 2.45) is 11.8 Å². The van der Waals surface area contributed by atoms with Gasteiger partial charge in [0.2, 0.25) is 5.91 Å². The number of carbonyl (C=O) groups is 1. The second-order valence-electron chi connectivity index (χ2n) is 10.6. The quantitative estimate of drug-likeness (QED) is 0.672. The summed E-state index contributed by atoms with van der Waals surface area (Å²) in [5, 5.41) is 0. The normalized spacial score (nSPS) is 31.9. The molecule has 0 radical (unpaired) electrons. The van der Waals surface area contributed by atoms with Gasteiger partial charge in [-0.2, -0.15) is 0 Å². The van der Waals surface area contributed by atoms with Crippen LogP contribution in [-0.2, 0) is 11.3 Å². The van der Waals surface area contributed by atoms with Crippen molar-refractivity contribution in [1.29, 1.82) is 0 Å². The number of hydrogen-bond donors (Lipinski definition) is 0. The number of likely N-dealkylation sites (tertiary alicyclic amines) is 2. The van der Waals surface area contributed by atoms with E-state index in [1.54, 1.807) is 0 Å². The monoisotopic (exact) mass is 423 g/mol. The van der Waals surface area contributed by atoms with E-state index in [0.717, 1.165) is 50.4 Å². The third-order valence-corrected chi connectivity index (χ3v) is 8.61. The fraction of sp³-hybridized carbons (Fsp3) is 0.741. The molecule has 4 saturated heterocycles. The molecule has 170 valence electrons. The van der Waals surface area contributed by atoms with E-state index in [2.05, 4.69) is 45.0 Å². The van der Waals surface area contributed by atoms with Crippen LogP contribution in [-0.4, -0.2) is 65.4 Å². The number of nitrogens with zero attached hydrogens (tertiary/aromatic N) is 3. The summed E-state index contributed by atoms with van der Waals surface area (Å²) in [6, 6.07) is 12.5. The number of hydrogen-bond acceptors (Lipinski definition) is 3. The highest BCUT2D eigenvalue weighted by molar-refractivity contribution is 5.76. The third kappa shape index (κ3) is 4.85. The second kappa shape index (κ2) is 10.0. The van der Waals surface area contributed by atoms with E-state index >= 15 is 0 Å². The van der Waals surface area contributed by atoms with Gasteiger partial charge in [0.1, 0.15) is 0 Å². The lowest BCUT2D eigenvalue weighted by atomic mass is 9.69. The van der Waals surface area contributed by atoms with Crippen LogP contribution in [0.4, 0.5) is 0 Å². The van der Waals surface area contributed by atoms with E-state index in [1.807, 2.05) is 0 Å². The zero-order chi connectivity index (χ0) is 21.0. The summed E-state index contributed by atoms with van der Waals surface area (Å²) in [5.74, 6) is 2.04. The van der Waals surface area contributed by atoms with E-state index in [4.69, 9.17) is 0 Å². The molecule has 4 heterocycles. The Kier molecular flexibility index (Phi) is 6.95. The summed E-state index contributed by atoms with van der Waals surface area (Å²) < 4.78 is 0. The molecule has 0 saturated carbocycles. The van der Waals surface area contributed by atoms with Crippen molar-refractivity contribution in [1.82, 2.24) is 14.7 Å². The highest BCUT2D eigenvalue weighted by Gasteiger charge is 2.48. The van der Waals surface area contributed by atoms with Gasteiger partial charge in [0.25, 0.3) is 0 Å². The van der Waals surface area contributed by atoms with Crippen LogP contribution in [0, 0.1) is 11.8 Å². The van der Waals surface area contributed by atoms with E-state index in [-0.39, 0.29) is 0 Å². The van der Waals surface area contributed by atoms with Gasteiger partial charge >= 0.3 is 0 Å². The molecule has 4 nitrogen and oxygen atoms in total. The minimum Gasteiger partial charge on any atom is -0.343 e. The summed E-state index contributed by atoms with van der Waals surface area (Å²) >= 11 is 0. The second-order valence-corrected chi connectivity index (χ2v) is 10.6. The molecule has 4 fully saturated rings. The first kappa shape index (κ1) is 21.5. The molecule has 4 aliphatic heterocycles. The van der Waals surface area contributed by atoms with E-state index < -0.39 is 0 Å². The van der Waals surface area contributed by atoms with Gasteiger partial charge < -0.3 is 4.90 Å². The molecule has 5 rings (SSSR count). The molecule has 1 amide bonds. The standard InChI is InChI=1S/C27H41N3O/c31-26(28-16-5-2-6-17-28)15-7-14-25-24-13-9-19-29-18-8-12-23(27(24)29)21-30(25)20-22-10-3-1-4-11-22/h1,3-4,10-11,23-25,27H,2,5-9,12-21H2/t23-,24+,25+,27-/m0/s1. The molecular weight excluding hydrogens is 382 g/mol. The van der Waals surface area contributed by atoms with Gasteiger partial charge in [-0.05, 0) is 88.3 Å². The van der Waals surface area contributed by atoms with Crippen molar-refractivity contribution in [3.63, 3.8) is 0 Å². The van der Waals surface area contributed by atoms with Gasteiger partial charge in [-0.25, -0.2) is 0 Å². The molecule has 0 aromatic heterocycles. The fourth-order valence-electron chi connectivity index (χ4n) is 7.24. The lowest BCUT2D eigenvalue weighted by Crippen LogP contribution is -2.64. The molecule has 1 aromatic rings. The number of rotatable bonds is 6. The van der Waals surface area contributed by atoms with Crippen molar-refractivity contribution in [2.75, 3.05) is 32.7 Å². The summed E-state index contributed by atoms with van der Waals surface area (Å²) in [5.41, 5.74) is 1.44. The maximum absolute atomic E-state index is 12.8. The minimum atomic E-state index is 0.408. The largest absolute Gasteiger partial charge is 0.343 e. The van der Waals surface area contributed by atoms with Gasteiger partial charge in [0.15, 0.2) is 0 Å². The maximum atomic E-state index is 12.8. The van der Waals surface area contributed by atoms with E-state index in [0.29, 0.717) is 11.9 Å². The molecule has 0 unspecified atom stereocenters. The first-order valence-corrected chi connectivity index (χ1v) is 13.1. The van der Waals surface area contributed by atoms with Crippen molar-refractivity contribution in [3.05, 3.63) is 35.9 Å². The maximum Gasteiger partial charge on any atom is 0.222 e. The molecule has 0 aliphatic carbocycles. The van der Waals surface area contributed by atoms with Crippen molar-refractivity contribution in [3.8, 4) is 0 Å². The Labute approximate surface area is 189 Å². The summed E-state index contributed by atoms with van der Waals surface area (Å²) in [7, 11) is 0. The highest BCUT2D eigenvalue weighted by atomic mass is 16.2. The molecule has 0 spiro atoms. The smallest absolute Gasteiger partial charge is 0.222 e. The van der Waals surface area contributed by atoms with Crippen molar-refractivity contribution >= 4 is 5.91 Å². The molecular formula is C27H41N3O. The Morgan fingerprint density at radius 3 is 2.48 bits per heavy atom. The van der Waals surface area contributed by atoms with Gasteiger partial charge in [0.05, 0.1) is 0 Å². The lowest BCUT2D eigenvalue weighted by Gasteiger charge is -2.57. The van der Waals surface area contributed by atoms with Crippen LogP contribution in [0.25, 0.3) is 0 Å². The Morgan fingerprint density at radius 1 is 0.903 bits per heavy atom. The lowest BCUT2D eigenvalue weighted by molar-refractivity contribution is -0.132. The minimum absolute atomic E-state index is 0.408. The predicted molar refractivity (Wildman–Crippen MR) is 126 cm³/mol. The van der Waals surface area contributed by atoms with Crippen LogP contribution in [0.3, 0.4) is 0 Å². The average Bonchev–Trinajstić information content (AvgIpc) is 2.82. The number of carbonyl (C=O) groups excluding carboxylic acids is 1. The van der Waals surface area contributed by atoms with E-state index in [9.17, 15) is 4.79 Å².